The standard InChI is InChI=1S/C13H25N5O2S/c1-10(2)14-9-12-13(11(3)15-16-12)21(19,20)17-18-7-5-4-6-8-18/h10,14,17H,4-9H2,1-3H3,(H,15,16). The Hall–Kier alpha value is -0.960. The number of aromatic amines is 1. The number of piperidine rings is 1. The van der Waals surface area contributed by atoms with Gasteiger partial charge in [0.05, 0.1) is 11.4 Å². The van der Waals surface area contributed by atoms with Crippen molar-refractivity contribution in [1.29, 1.82) is 0 Å². The second kappa shape index (κ2) is 6.87. The van der Waals surface area contributed by atoms with Crippen LogP contribution in [0.1, 0.15) is 44.5 Å². The Balaban J connectivity index is 2.16. The number of aryl methyl sites for hydroxylation is 1. The predicted molar refractivity (Wildman–Crippen MR) is 81.0 cm³/mol. The molecule has 0 unspecified atom stereocenters. The van der Waals surface area contributed by atoms with Gasteiger partial charge in [-0.25, -0.2) is 13.4 Å². The minimum absolute atomic E-state index is 0.265. The van der Waals surface area contributed by atoms with Crippen LogP contribution in [-0.2, 0) is 16.6 Å². The maximum absolute atomic E-state index is 12.6. The molecule has 2 heterocycles. The molecule has 7 nitrogen and oxygen atoms in total. The van der Waals surface area contributed by atoms with Gasteiger partial charge in [0.25, 0.3) is 10.0 Å². The molecule has 0 radical (unpaired) electrons. The van der Waals surface area contributed by atoms with E-state index in [9.17, 15) is 8.42 Å². The van der Waals surface area contributed by atoms with Gasteiger partial charge in [0.15, 0.2) is 0 Å². The normalized spacial score (nSPS) is 17.5. The highest BCUT2D eigenvalue weighted by Crippen LogP contribution is 2.18. The SMILES string of the molecule is Cc1[nH]nc(CNC(C)C)c1S(=O)(=O)NN1CCCCC1. The summed E-state index contributed by atoms with van der Waals surface area (Å²) in [5, 5.41) is 11.9. The van der Waals surface area contributed by atoms with Crippen molar-refractivity contribution < 1.29 is 8.42 Å². The molecule has 21 heavy (non-hydrogen) atoms. The molecule has 1 aromatic rings. The van der Waals surface area contributed by atoms with Gasteiger partial charge in [-0.3, -0.25) is 5.10 Å². The van der Waals surface area contributed by atoms with Crippen molar-refractivity contribution in [2.45, 2.75) is 57.5 Å². The van der Waals surface area contributed by atoms with Gasteiger partial charge in [-0.05, 0) is 19.8 Å². The number of nitrogens with one attached hydrogen (secondary N) is 3. The fourth-order valence-corrected chi connectivity index (χ4v) is 3.94. The van der Waals surface area contributed by atoms with Crippen molar-refractivity contribution in [3.8, 4) is 0 Å². The van der Waals surface area contributed by atoms with E-state index < -0.39 is 10.0 Å². The molecule has 1 aliphatic heterocycles. The van der Waals surface area contributed by atoms with E-state index in [0.29, 0.717) is 17.9 Å². The van der Waals surface area contributed by atoms with Gasteiger partial charge < -0.3 is 5.32 Å². The van der Waals surface area contributed by atoms with Crippen molar-refractivity contribution in [3.63, 3.8) is 0 Å². The van der Waals surface area contributed by atoms with Crippen molar-refractivity contribution in [1.82, 2.24) is 25.4 Å². The molecule has 0 bridgehead atoms. The van der Waals surface area contributed by atoms with Crippen LogP contribution in [0.4, 0.5) is 0 Å². The van der Waals surface area contributed by atoms with Crippen LogP contribution in [0, 0.1) is 6.92 Å². The molecule has 0 spiro atoms. The zero-order chi connectivity index (χ0) is 15.5. The Labute approximate surface area is 126 Å². The third-order valence-electron chi connectivity index (χ3n) is 3.51. The van der Waals surface area contributed by atoms with E-state index in [-0.39, 0.29) is 10.9 Å². The van der Waals surface area contributed by atoms with Crippen LogP contribution in [0.15, 0.2) is 4.90 Å². The molecule has 120 valence electrons. The van der Waals surface area contributed by atoms with Crippen LogP contribution in [-0.4, -0.2) is 42.8 Å². The fraction of sp³-hybridized carbons (Fsp3) is 0.769. The Morgan fingerprint density at radius 1 is 1.29 bits per heavy atom. The molecule has 1 fully saturated rings. The van der Waals surface area contributed by atoms with E-state index in [0.717, 1.165) is 32.4 Å². The lowest BCUT2D eigenvalue weighted by Crippen LogP contribution is -2.45. The molecule has 1 aliphatic rings. The van der Waals surface area contributed by atoms with E-state index in [1.807, 2.05) is 13.8 Å². The monoisotopic (exact) mass is 315 g/mol. The fourth-order valence-electron chi connectivity index (χ4n) is 2.45. The number of hydrogen-bond acceptors (Lipinski definition) is 5. The molecule has 0 aromatic carbocycles. The number of nitrogens with zero attached hydrogens (tertiary/aromatic N) is 2. The first-order chi connectivity index (χ1) is 9.90. The summed E-state index contributed by atoms with van der Waals surface area (Å²) in [5.74, 6) is 0. The van der Waals surface area contributed by atoms with Crippen LogP contribution in [0.2, 0.25) is 0 Å². The lowest BCUT2D eigenvalue weighted by atomic mass is 10.2. The first-order valence-electron chi connectivity index (χ1n) is 7.45. The van der Waals surface area contributed by atoms with Gasteiger partial charge >= 0.3 is 0 Å². The molecule has 0 atom stereocenters. The minimum atomic E-state index is -3.58. The quantitative estimate of drug-likeness (QED) is 0.725. The zero-order valence-electron chi connectivity index (χ0n) is 12.9. The van der Waals surface area contributed by atoms with Crippen LogP contribution in [0.3, 0.4) is 0 Å². The van der Waals surface area contributed by atoms with Crippen molar-refractivity contribution in [2.75, 3.05) is 13.1 Å². The molecular formula is C13H25N5O2S. The third-order valence-corrected chi connectivity index (χ3v) is 5.09. The van der Waals surface area contributed by atoms with E-state index in [4.69, 9.17) is 0 Å². The second-order valence-corrected chi connectivity index (χ2v) is 7.40. The summed E-state index contributed by atoms with van der Waals surface area (Å²) in [5.41, 5.74) is 1.10. The smallest absolute Gasteiger partial charge is 0.257 e. The third kappa shape index (κ3) is 4.26. The van der Waals surface area contributed by atoms with Crippen LogP contribution < -0.4 is 10.1 Å². The maximum atomic E-state index is 12.6. The average Bonchev–Trinajstić information content (AvgIpc) is 2.79. The molecule has 0 saturated carbocycles. The van der Waals surface area contributed by atoms with Crippen molar-refractivity contribution >= 4 is 10.0 Å². The van der Waals surface area contributed by atoms with E-state index >= 15 is 0 Å². The van der Waals surface area contributed by atoms with Gasteiger partial charge in [0.2, 0.25) is 0 Å². The predicted octanol–water partition coefficient (Wildman–Crippen LogP) is 0.895. The summed E-state index contributed by atoms with van der Waals surface area (Å²) >= 11 is 0. The Morgan fingerprint density at radius 3 is 2.57 bits per heavy atom. The van der Waals surface area contributed by atoms with Gasteiger partial charge in [0.1, 0.15) is 4.90 Å². The van der Waals surface area contributed by atoms with Gasteiger partial charge in [-0.2, -0.15) is 5.10 Å². The van der Waals surface area contributed by atoms with Gasteiger partial charge in [0, 0.05) is 25.7 Å². The largest absolute Gasteiger partial charge is 0.309 e. The lowest BCUT2D eigenvalue weighted by molar-refractivity contribution is 0.200. The molecule has 1 aromatic heterocycles. The molecule has 2 rings (SSSR count). The second-order valence-electron chi connectivity index (χ2n) is 5.80. The summed E-state index contributed by atoms with van der Waals surface area (Å²) in [6.07, 6.45) is 3.20. The molecule has 0 amide bonds. The maximum Gasteiger partial charge on any atom is 0.257 e. The van der Waals surface area contributed by atoms with Crippen molar-refractivity contribution in [3.05, 3.63) is 11.4 Å². The van der Waals surface area contributed by atoms with E-state index in [1.54, 1.807) is 11.9 Å². The van der Waals surface area contributed by atoms with E-state index in [2.05, 4.69) is 20.3 Å². The highest BCUT2D eigenvalue weighted by molar-refractivity contribution is 7.89. The summed E-state index contributed by atoms with van der Waals surface area (Å²) in [7, 11) is -3.58. The molecule has 8 heteroatoms. The number of hydrazine groups is 1. The van der Waals surface area contributed by atoms with Gasteiger partial charge in [-0.1, -0.05) is 20.3 Å². The first-order valence-corrected chi connectivity index (χ1v) is 8.93. The summed E-state index contributed by atoms with van der Waals surface area (Å²) < 4.78 is 25.2. The Bertz CT molecular complexity index is 561. The number of rotatable bonds is 6. The average molecular weight is 315 g/mol. The topological polar surface area (TPSA) is 90.1 Å². The summed E-state index contributed by atoms with van der Waals surface area (Å²) in [6.45, 7) is 7.71. The summed E-state index contributed by atoms with van der Waals surface area (Å²) in [6, 6.07) is 0.271. The number of hydrogen-bond donors (Lipinski definition) is 3. The lowest BCUT2D eigenvalue weighted by Gasteiger charge is -2.26. The summed E-state index contributed by atoms with van der Waals surface area (Å²) in [4.78, 5) is 2.95. The zero-order valence-corrected chi connectivity index (χ0v) is 13.8. The van der Waals surface area contributed by atoms with E-state index in [1.165, 1.54) is 0 Å². The Kier molecular flexibility index (Phi) is 5.37. The van der Waals surface area contributed by atoms with Crippen LogP contribution >= 0.6 is 0 Å². The Morgan fingerprint density at radius 2 is 1.95 bits per heavy atom. The molecule has 1 saturated heterocycles. The van der Waals surface area contributed by atoms with Crippen molar-refractivity contribution in [2.24, 2.45) is 0 Å². The molecule has 3 N–H and O–H groups in total. The highest BCUT2D eigenvalue weighted by Gasteiger charge is 2.26. The molecule has 0 aliphatic carbocycles. The first kappa shape index (κ1) is 16.4. The van der Waals surface area contributed by atoms with Gasteiger partial charge in [-0.15, -0.1) is 4.83 Å². The molecular weight excluding hydrogens is 290 g/mol. The van der Waals surface area contributed by atoms with Crippen LogP contribution in [0.5, 0.6) is 0 Å². The number of H-pyrrole nitrogens is 1. The minimum Gasteiger partial charge on any atom is -0.309 e. The van der Waals surface area contributed by atoms with Crippen LogP contribution in [0.25, 0.3) is 0 Å². The highest BCUT2D eigenvalue weighted by atomic mass is 32.2. The number of aromatic nitrogens is 2. The number of sulfonamides is 1.